The number of aryl methyl sites for hydroxylation is 1. The fraction of sp³-hybridized carbons (Fsp3) is 0.167. The van der Waals surface area contributed by atoms with Crippen LogP contribution in [0, 0.1) is 13.8 Å². The van der Waals surface area contributed by atoms with Crippen LogP contribution in [-0.4, -0.2) is 30.3 Å². The van der Waals surface area contributed by atoms with E-state index in [-0.39, 0.29) is 28.6 Å². The van der Waals surface area contributed by atoms with Crippen molar-refractivity contribution in [1.29, 1.82) is 0 Å². The summed E-state index contributed by atoms with van der Waals surface area (Å²) in [5.41, 5.74) is 1.60. The Kier molecular flexibility index (Phi) is 6.05. The van der Waals surface area contributed by atoms with E-state index in [1.165, 1.54) is 11.3 Å². The summed E-state index contributed by atoms with van der Waals surface area (Å²) in [6, 6.07) is 13.8. The second-order valence-corrected chi connectivity index (χ2v) is 9.30. The zero-order chi connectivity index (χ0) is 25.6. The van der Waals surface area contributed by atoms with Crippen LogP contribution in [0.2, 0.25) is 5.02 Å². The number of nitrogens with zero attached hydrogens (tertiary/aromatic N) is 5. The molecule has 0 saturated heterocycles. The predicted molar refractivity (Wildman–Crippen MR) is 131 cm³/mol. The van der Waals surface area contributed by atoms with Crippen LogP contribution < -0.4 is 5.32 Å². The van der Waals surface area contributed by atoms with Crippen molar-refractivity contribution < 1.29 is 18.0 Å². The lowest BCUT2D eigenvalue weighted by atomic mass is 10.2. The lowest BCUT2D eigenvalue weighted by molar-refractivity contribution is -0.142. The van der Waals surface area contributed by atoms with E-state index < -0.39 is 17.8 Å². The summed E-state index contributed by atoms with van der Waals surface area (Å²) in [5, 5.41) is 12.6. The molecule has 1 amide bonds. The van der Waals surface area contributed by atoms with Gasteiger partial charge in [0.15, 0.2) is 17.0 Å². The predicted octanol–water partition coefficient (Wildman–Crippen LogP) is 5.86. The van der Waals surface area contributed by atoms with Crippen molar-refractivity contribution in [2.75, 3.05) is 0 Å². The molecule has 5 aromatic rings. The Balaban J connectivity index is 1.48. The normalized spacial score (nSPS) is 11.8. The number of aromatic nitrogens is 5. The van der Waals surface area contributed by atoms with Gasteiger partial charge in [0.1, 0.15) is 5.02 Å². The molecule has 5 rings (SSSR count). The first kappa shape index (κ1) is 24.0. The molecule has 0 radical (unpaired) electrons. The number of rotatable bonds is 5. The van der Waals surface area contributed by atoms with Crippen molar-refractivity contribution in [3.8, 4) is 16.3 Å². The molecule has 0 spiro atoms. The first-order valence-electron chi connectivity index (χ1n) is 10.7. The van der Waals surface area contributed by atoms with Crippen LogP contribution in [0.4, 0.5) is 13.2 Å². The Morgan fingerprint density at radius 1 is 1.11 bits per heavy atom. The minimum Gasteiger partial charge on any atom is -0.346 e. The smallest absolute Gasteiger partial charge is 0.346 e. The summed E-state index contributed by atoms with van der Waals surface area (Å²) in [4.78, 5) is 17.8. The standard InChI is InChI=1S/C24H18ClF3N6OS/c1-13-16(14(2)33(31-13)15-7-4-3-5-8-15)12-29-23(35)21-20(25)22-30-17(18-9-6-10-36-18)11-19(24(26,27)28)34(22)32-21/h3-11H,12H2,1-2H3,(H,29,35). The zero-order valence-electron chi connectivity index (χ0n) is 19.0. The van der Waals surface area contributed by atoms with Crippen LogP contribution >= 0.6 is 22.9 Å². The molecule has 12 heteroatoms. The molecule has 1 N–H and O–H groups in total. The zero-order valence-corrected chi connectivity index (χ0v) is 20.5. The molecule has 0 atom stereocenters. The number of thiophene rings is 1. The topological polar surface area (TPSA) is 77.1 Å². The van der Waals surface area contributed by atoms with E-state index in [0.717, 1.165) is 23.0 Å². The van der Waals surface area contributed by atoms with Crippen molar-refractivity contribution >= 4 is 34.5 Å². The first-order valence-corrected chi connectivity index (χ1v) is 12.0. The van der Waals surface area contributed by atoms with E-state index in [4.69, 9.17) is 11.6 Å². The van der Waals surface area contributed by atoms with Gasteiger partial charge >= 0.3 is 6.18 Å². The van der Waals surface area contributed by atoms with Crippen LogP contribution in [0.5, 0.6) is 0 Å². The summed E-state index contributed by atoms with van der Waals surface area (Å²) in [6.07, 6.45) is -4.74. The minimum absolute atomic E-state index is 0.0908. The largest absolute Gasteiger partial charge is 0.433 e. The van der Waals surface area contributed by atoms with Crippen LogP contribution in [-0.2, 0) is 12.7 Å². The molecular formula is C24H18ClF3N6OS. The molecule has 0 bridgehead atoms. The highest BCUT2D eigenvalue weighted by Gasteiger charge is 2.37. The van der Waals surface area contributed by atoms with E-state index in [2.05, 4.69) is 20.5 Å². The number of nitrogens with one attached hydrogen (secondary N) is 1. The van der Waals surface area contributed by atoms with Crippen LogP contribution in [0.15, 0.2) is 53.9 Å². The van der Waals surface area contributed by atoms with Gasteiger partial charge in [-0.15, -0.1) is 11.3 Å². The van der Waals surface area contributed by atoms with Gasteiger partial charge in [-0.25, -0.2) is 14.2 Å². The highest BCUT2D eigenvalue weighted by molar-refractivity contribution is 7.13. The maximum absolute atomic E-state index is 13.8. The number of para-hydroxylation sites is 1. The molecule has 0 saturated carbocycles. The molecule has 0 unspecified atom stereocenters. The number of hydrogen-bond donors (Lipinski definition) is 1. The van der Waals surface area contributed by atoms with Crippen molar-refractivity contribution in [3.05, 3.63) is 87.3 Å². The average molecular weight is 531 g/mol. The maximum Gasteiger partial charge on any atom is 0.433 e. The number of hydrogen-bond acceptors (Lipinski definition) is 5. The maximum atomic E-state index is 13.8. The molecular weight excluding hydrogens is 513 g/mol. The summed E-state index contributed by atoms with van der Waals surface area (Å²) in [6.45, 7) is 3.78. The Labute approximate surface area is 212 Å². The molecule has 1 aromatic carbocycles. The molecule has 4 aromatic heterocycles. The molecule has 7 nitrogen and oxygen atoms in total. The first-order chi connectivity index (χ1) is 17.1. The van der Waals surface area contributed by atoms with Gasteiger partial charge < -0.3 is 5.32 Å². The summed E-state index contributed by atoms with van der Waals surface area (Å²) in [5.74, 6) is -0.720. The van der Waals surface area contributed by atoms with Crippen molar-refractivity contribution in [1.82, 2.24) is 29.7 Å². The van der Waals surface area contributed by atoms with Gasteiger partial charge in [-0.2, -0.15) is 23.4 Å². The lowest BCUT2D eigenvalue weighted by Gasteiger charge is -2.10. The van der Waals surface area contributed by atoms with Gasteiger partial charge in [-0.3, -0.25) is 4.79 Å². The number of halogens is 4. The molecule has 0 fully saturated rings. The molecule has 0 aliphatic heterocycles. The third-order valence-corrected chi connectivity index (χ3v) is 6.92. The van der Waals surface area contributed by atoms with E-state index in [1.807, 2.05) is 44.2 Å². The van der Waals surface area contributed by atoms with Gasteiger partial charge in [-0.05, 0) is 43.5 Å². The highest BCUT2D eigenvalue weighted by atomic mass is 35.5. The fourth-order valence-electron chi connectivity index (χ4n) is 3.89. The van der Waals surface area contributed by atoms with Gasteiger partial charge in [-0.1, -0.05) is 35.9 Å². The molecule has 36 heavy (non-hydrogen) atoms. The third kappa shape index (κ3) is 4.24. The lowest BCUT2D eigenvalue weighted by Crippen LogP contribution is -2.24. The van der Waals surface area contributed by atoms with E-state index >= 15 is 0 Å². The Bertz CT molecular complexity index is 1580. The van der Waals surface area contributed by atoms with E-state index in [9.17, 15) is 18.0 Å². The SMILES string of the molecule is Cc1nn(-c2ccccc2)c(C)c1CNC(=O)c1nn2c(C(F)(F)F)cc(-c3cccs3)nc2c1Cl. The Hall–Kier alpha value is -3.70. The molecule has 184 valence electrons. The quantitative estimate of drug-likeness (QED) is 0.309. The van der Waals surface area contributed by atoms with Crippen molar-refractivity contribution in [2.45, 2.75) is 26.6 Å². The van der Waals surface area contributed by atoms with Crippen LogP contribution in [0.1, 0.15) is 33.1 Å². The summed E-state index contributed by atoms with van der Waals surface area (Å²) in [7, 11) is 0. The van der Waals surface area contributed by atoms with Crippen molar-refractivity contribution in [3.63, 3.8) is 0 Å². The Morgan fingerprint density at radius 3 is 2.53 bits per heavy atom. The number of benzene rings is 1. The van der Waals surface area contributed by atoms with E-state index in [0.29, 0.717) is 15.1 Å². The monoisotopic (exact) mass is 530 g/mol. The minimum atomic E-state index is -4.74. The fourth-order valence-corrected chi connectivity index (χ4v) is 4.83. The van der Waals surface area contributed by atoms with Crippen LogP contribution in [0.25, 0.3) is 21.9 Å². The third-order valence-electron chi connectivity index (χ3n) is 5.68. The Morgan fingerprint density at radius 2 is 1.86 bits per heavy atom. The van der Waals surface area contributed by atoms with Gasteiger partial charge in [0.05, 0.1) is 22.0 Å². The highest BCUT2D eigenvalue weighted by Crippen LogP contribution is 2.35. The number of fused-ring (bicyclic) bond motifs is 1. The number of alkyl halides is 3. The van der Waals surface area contributed by atoms with Crippen molar-refractivity contribution in [2.24, 2.45) is 0 Å². The summed E-state index contributed by atoms with van der Waals surface area (Å²) < 4.78 is 43.9. The second-order valence-electron chi connectivity index (χ2n) is 7.98. The van der Waals surface area contributed by atoms with Gasteiger partial charge in [0.25, 0.3) is 5.91 Å². The second kappa shape index (κ2) is 9.07. The average Bonchev–Trinajstić information content (AvgIpc) is 3.56. The number of carbonyl (C=O) groups excluding carboxylic acids is 1. The van der Waals surface area contributed by atoms with Gasteiger partial charge in [0.2, 0.25) is 0 Å². The van der Waals surface area contributed by atoms with Crippen LogP contribution in [0.3, 0.4) is 0 Å². The van der Waals surface area contributed by atoms with E-state index in [1.54, 1.807) is 22.2 Å². The number of amides is 1. The molecule has 0 aliphatic carbocycles. The van der Waals surface area contributed by atoms with Gasteiger partial charge in [0, 0.05) is 17.8 Å². The molecule has 4 heterocycles. The molecule has 0 aliphatic rings. The summed E-state index contributed by atoms with van der Waals surface area (Å²) >= 11 is 7.59. The number of carbonyl (C=O) groups is 1.